The number of halogens is 2. The first-order valence-corrected chi connectivity index (χ1v) is 12.3. The summed E-state index contributed by atoms with van der Waals surface area (Å²) in [4.78, 5) is 60.8. The molecule has 0 bridgehead atoms. The number of carboxylic acid groups (broad SMARTS) is 1. The Balaban J connectivity index is 1.61. The van der Waals surface area contributed by atoms with Crippen LogP contribution >= 0.6 is 23.2 Å². The van der Waals surface area contributed by atoms with E-state index in [0.29, 0.717) is 11.3 Å². The van der Waals surface area contributed by atoms with Crippen LogP contribution in [0.5, 0.6) is 0 Å². The highest BCUT2D eigenvalue weighted by atomic mass is 35.5. The van der Waals surface area contributed by atoms with Crippen LogP contribution in [0.2, 0.25) is 10.0 Å². The smallest absolute Gasteiger partial charge is 0.328 e. The molecule has 2 aromatic rings. The molecule has 0 aliphatic carbocycles. The summed E-state index contributed by atoms with van der Waals surface area (Å²) in [5.41, 5.74) is -0.589. The van der Waals surface area contributed by atoms with Gasteiger partial charge in [0, 0.05) is 31.7 Å². The number of aliphatic carboxylic acids is 1. The van der Waals surface area contributed by atoms with E-state index in [4.69, 9.17) is 32.4 Å². The molecular formula is C26H25Cl2N3O8. The Kier molecular flexibility index (Phi) is 9.55. The van der Waals surface area contributed by atoms with Gasteiger partial charge in [-0.2, -0.15) is 0 Å². The van der Waals surface area contributed by atoms with E-state index in [0.717, 1.165) is 6.08 Å². The van der Waals surface area contributed by atoms with Crippen molar-refractivity contribution in [2.45, 2.75) is 38.5 Å². The summed E-state index contributed by atoms with van der Waals surface area (Å²) in [6, 6.07) is 4.62. The molecule has 0 fully saturated rings. The van der Waals surface area contributed by atoms with Crippen LogP contribution in [0.25, 0.3) is 6.08 Å². The molecule has 1 aliphatic heterocycles. The van der Waals surface area contributed by atoms with E-state index < -0.39 is 41.9 Å². The van der Waals surface area contributed by atoms with Crippen molar-refractivity contribution in [1.82, 2.24) is 16.0 Å². The zero-order valence-electron chi connectivity index (χ0n) is 20.9. The minimum absolute atomic E-state index is 0.0453. The second-order valence-electron chi connectivity index (χ2n) is 9.09. The lowest BCUT2D eigenvalue weighted by Gasteiger charge is -2.30. The number of benzene rings is 1. The number of rotatable bonds is 10. The van der Waals surface area contributed by atoms with Crippen molar-refractivity contribution in [2.24, 2.45) is 0 Å². The Bertz CT molecular complexity index is 1330. The molecule has 0 saturated carbocycles. The maximum Gasteiger partial charge on any atom is 0.328 e. The summed E-state index contributed by atoms with van der Waals surface area (Å²) in [7, 11) is 0. The number of nitrogens with one attached hydrogen (secondary N) is 3. The highest BCUT2D eigenvalue weighted by Crippen LogP contribution is 2.27. The maximum atomic E-state index is 12.8. The second-order valence-corrected chi connectivity index (χ2v) is 9.90. The SMILES string of the molecule is CC1(C)CC(=O)C=C(C(=O)NC[C@H](NC(=O)c2c(Cl)cc(CNC(=O)C=Cc3ccco3)cc2Cl)C(=O)O)O1. The van der Waals surface area contributed by atoms with E-state index in [1.54, 1.807) is 26.0 Å². The molecule has 1 aromatic carbocycles. The highest BCUT2D eigenvalue weighted by Gasteiger charge is 2.32. The van der Waals surface area contributed by atoms with Crippen LogP contribution < -0.4 is 16.0 Å². The van der Waals surface area contributed by atoms with Crippen molar-refractivity contribution in [3.63, 3.8) is 0 Å². The van der Waals surface area contributed by atoms with Gasteiger partial charge in [0.2, 0.25) is 5.91 Å². The Morgan fingerprint density at radius 3 is 2.41 bits per heavy atom. The monoisotopic (exact) mass is 577 g/mol. The molecule has 3 amide bonds. The first kappa shape index (κ1) is 29.5. The lowest BCUT2D eigenvalue weighted by atomic mass is 9.98. The van der Waals surface area contributed by atoms with Gasteiger partial charge in [-0.3, -0.25) is 19.2 Å². The first-order chi connectivity index (χ1) is 18.3. The van der Waals surface area contributed by atoms with Crippen LogP contribution in [0.3, 0.4) is 0 Å². The summed E-state index contributed by atoms with van der Waals surface area (Å²) in [6.45, 7) is 2.80. The third kappa shape index (κ3) is 8.45. The van der Waals surface area contributed by atoms with Gasteiger partial charge in [-0.25, -0.2) is 4.79 Å². The molecule has 13 heteroatoms. The molecule has 4 N–H and O–H groups in total. The number of carboxylic acids is 1. The fourth-order valence-corrected chi connectivity index (χ4v) is 4.24. The standard InChI is InChI=1S/C26H25Cl2N3O8/c1-26(2)11-15(32)10-20(39-26)23(34)30-13-19(25(36)37)31-24(35)22-17(27)8-14(9-18(22)28)12-29-21(33)6-5-16-4-3-7-38-16/h3-10,19H,11-13H2,1-2H3,(H,29,33)(H,30,34)(H,31,35)(H,36,37)/t19-/m0/s1. The van der Waals surface area contributed by atoms with Crippen LogP contribution in [0.4, 0.5) is 0 Å². The average Bonchev–Trinajstić information content (AvgIpc) is 3.35. The second kappa shape index (κ2) is 12.6. The minimum atomic E-state index is -1.55. The van der Waals surface area contributed by atoms with Crippen molar-refractivity contribution >= 4 is 58.8 Å². The zero-order chi connectivity index (χ0) is 28.7. The minimum Gasteiger partial charge on any atom is -0.482 e. The molecule has 1 aromatic heterocycles. The van der Waals surface area contributed by atoms with Gasteiger partial charge in [-0.15, -0.1) is 0 Å². The molecule has 0 unspecified atom stereocenters. The largest absolute Gasteiger partial charge is 0.482 e. The Labute approximate surface area is 233 Å². The molecule has 0 saturated heterocycles. The third-order valence-corrected chi connectivity index (χ3v) is 5.91. The number of hydrogen-bond donors (Lipinski definition) is 4. The summed E-state index contributed by atoms with van der Waals surface area (Å²) in [5, 5.41) is 16.6. The van der Waals surface area contributed by atoms with Gasteiger partial charge in [0.15, 0.2) is 11.5 Å². The van der Waals surface area contributed by atoms with Crippen molar-refractivity contribution in [1.29, 1.82) is 0 Å². The average molecular weight is 578 g/mol. The number of amides is 3. The fraction of sp³-hybridized carbons (Fsp3) is 0.269. The van der Waals surface area contributed by atoms with Gasteiger partial charge in [-0.05, 0) is 49.8 Å². The zero-order valence-corrected chi connectivity index (χ0v) is 22.4. The number of allylic oxidation sites excluding steroid dienone is 1. The maximum absolute atomic E-state index is 12.8. The number of furan rings is 1. The lowest BCUT2D eigenvalue weighted by Crippen LogP contribution is -2.49. The fourth-order valence-electron chi connectivity index (χ4n) is 3.54. The summed E-state index contributed by atoms with van der Waals surface area (Å²) >= 11 is 12.5. The topological polar surface area (TPSA) is 164 Å². The van der Waals surface area contributed by atoms with E-state index in [1.807, 2.05) is 0 Å². The van der Waals surface area contributed by atoms with Crippen molar-refractivity contribution < 1.29 is 38.2 Å². The summed E-state index contributed by atoms with van der Waals surface area (Å²) in [6.07, 6.45) is 5.37. The molecular weight excluding hydrogens is 553 g/mol. The highest BCUT2D eigenvalue weighted by molar-refractivity contribution is 6.39. The quantitative estimate of drug-likeness (QED) is 0.313. The van der Waals surface area contributed by atoms with Gasteiger partial charge in [-0.1, -0.05) is 23.2 Å². The van der Waals surface area contributed by atoms with E-state index >= 15 is 0 Å². The molecule has 0 radical (unpaired) electrons. The number of hydrogen-bond acceptors (Lipinski definition) is 7. The van der Waals surface area contributed by atoms with Crippen LogP contribution in [-0.4, -0.2) is 52.8 Å². The number of carbonyl (C=O) groups excluding carboxylic acids is 4. The Morgan fingerprint density at radius 1 is 1.13 bits per heavy atom. The van der Waals surface area contributed by atoms with E-state index in [-0.39, 0.29) is 40.1 Å². The molecule has 206 valence electrons. The van der Waals surface area contributed by atoms with Gasteiger partial charge in [0.1, 0.15) is 17.4 Å². The summed E-state index contributed by atoms with van der Waals surface area (Å²) in [5.74, 6) is -3.61. The molecule has 1 atom stereocenters. The molecule has 1 aliphatic rings. The third-order valence-electron chi connectivity index (χ3n) is 5.31. The number of ether oxygens (including phenoxy) is 1. The normalized spacial score (nSPS) is 15.2. The lowest BCUT2D eigenvalue weighted by molar-refractivity contribution is -0.139. The predicted molar refractivity (Wildman–Crippen MR) is 141 cm³/mol. The van der Waals surface area contributed by atoms with Gasteiger partial charge >= 0.3 is 5.97 Å². The van der Waals surface area contributed by atoms with Gasteiger partial charge < -0.3 is 30.2 Å². The van der Waals surface area contributed by atoms with Crippen molar-refractivity contribution in [2.75, 3.05) is 6.54 Å². The van der Waals surface area contributed by atoms with Crippen LogP contribution in [0.15, 0.2) is 52.9 Å². The Hall–Kier alpha value is -4.09. The molecule has 2 heterocycles. The van der Waals surface area contributed by atoms with Crippen molar-refractivity contribution in [3.8, 4) is 0 Å². The first-order valence-electron chi connectivity index (χ1n) is 11.6. The van der Waals surface area contributed by atoms with Crippen molar-refractivity contribution in [3.05, 3.63) is 75.4 Å². The summed E-state index contributed by atoms with van der Waals surface area (Å²) < 4.78 is 10.6. The number of carbonyl (C=O) groups is 5. The van der Waals surface area contributed by atoms with Crippen LogP contribution in [0, 0.1) is 0 Å². The van der Waals surface area contributed by atoms with Crippen LogP contribution in [-0.2, 0) is 30.5 Å². The Morgan fingerprint density at radius 2 is 1.82 bits per heavy atom. The van der Waals surface area contributed by atoms with E-state index in [9.17, 15) is 29.1 Å². The predicted octanol–water partition coefficient (Wildman–Crippen LogP) is 2.87. The van der Waals surface area contributed by atoms with Gasteiger partial charge in [0.25, 0.3) is 11.8 Å². The van der Waals surface area contributed by atoms with E-state index in [1.165, 1.54) is 30.5 Å². The molecule has 39 heavy (non-hydrogen) atoms. The van der Waals surface area contributed by atoms with Gasteiger partial charge in [0.05, 0.1) is 21.9 Å². The molecule has 0 spiro atoms. The number of ketones is 1. The van der Waals surface area contributed by atoms with E-state index in [2.05, 4.69) is 16.0 Å². The molecule has 11 nitrogen and oxygen atoms in total. The van der Waals surface area contributed by atoms with Crippen LogP contribution in [0.1, 0.15) is 41.9 Å². The molecule has 3 rings (SSSR count).